The molecule has 3 N–H and O–H groups in total. The average molecular weight is 446 g/mol. The van der Waals surface area contributed by atoms with Gasteiger partial charge in [0.2, 0.25) is 5.91 Å². The van der Waals surface area contributed by atoms with Crippen molar-refractivity contribution >= 4 is 34.1 Å². The smallest absolute Gasteiger partial charge is 0.453 e. The molecule has 1 aromatic carbocycles. The van der Waals surface area contributed by atoms with Crippen molar-refractivity contribution in [2.45, 2.75) is 19.0 Å². The number of H-pyrrole nitrogens is 1. The molecule has 166 valence electrons. The number of phenolic OH excluding ortho intramolecular Hbond substituents is 1. The van der Waals surface area contributed by atoms with Crippen LogP contribution < -0.4 is 10.2 Å². The molecule has 3 aromatic heterocycles. The van der Waals surface area contributed by atoms with E-state index in [1.807, 2.05) is 4.90 Å². The third-order valence-corrected chi connectivity index (χ3v) is 5.48. The summed E-state index contributed by atoms with van der Waals surface area (Å²) in [4.78, 5) is 14.5. The fourth-order valence-corrected chi connectivity index (χ4v) is 3.82. The largest absolute Gasteiger partial charge is 0.508 e. The summed E-state index contributed by atoms with van der Waals surface area (Å²) in [6, 6.07) is 7.71. The number of aromatic amines is 1. The molecule has 32 heavy (non-hydrogen) atoms. The van der Waals surface area contributed by atoms with E-state index in [0.717, 1.165) is 0 Å². The van der Waals surface area contributed by atoms with Crippen LogP contribution in [0.1, 0.15) is 18.7 Å². The van der Waals surface area contributed by atoms with Crippen LogP contribution in [-0.2, 0) is 11.0 Å². The molecule has 10 nitrogen and oxygen atoms in total. The lowest BCUT2D eigenvalue weighted by molar-refractivity contribution is -0.146. The number of aromatic nitrogens is 6. The van der Waals surface area contributed by atoms with Crippen molar-refractivity contribution in [3.05, 3.63) is 36.2 Å². The van der Waals surface area contributed by atoms with Gasteiger partial charge < -0.3 is 15.3 Å². The lowest BCUT2D eigenvalue weighted by atomic mass is 9.96. The molecule has 1 fully saturated rings. The van der Waals surface area contributed by atoms with Crippen LogP contribution in [0.4, 0.5) is 24.8 Å². The monoisotopic (exact) mass is 446 g/mol. The van der Waals surface area contributed by atoms with Crippen LogP contribution in [0.2, 0.25) is 0 Å². The highest BCUT2D eigenvalue weighted by Crippen LogP contribution is 2.29. The number of aromatic hydroxyl groups is 1. The zero-order valence-corrected chi connectivity index (χ0v) is 16.5. The lowest BCUT2D eigenvalue weighted by Gasteiger charge is -2.31. The Balaban J connectivity index is 1.27. The van der Waals surface area contributed by atoms with E-state index in [4.69, 9.17) is 0 Å². The Morgan fingerprint density at radius 1 is 1.16 bits per heavy atom. The summed E-state index contributed by atoms with van der Waals surface area (Å²) in [6.45, 7) is 0.907. The Bertz CT molecular complexity index is 1310. The number of carbonyl (C=O) groups is 1. The van der Waals surface area contributed by atoms with Crippen molar-refractivity contribution in [1.82, 2.24) is 30.0 Å². The molecule has 0 spiro atoms. The molecule has 1 saturated heterocycles. The second-order valence-corrected chi connectivity index (χ2v) is 7.54. The summed E-state index contributed by atoms with van der Waals surface area (Å²) < 4.78 is 40.0. The Labute approximate surface area is 178 Å². The maximum Gasteiger partial charge on any atom is 0.453 e. The van der Waals surface area contributed by atoms with Crippen LogP contribution in [0.5, 0.6) is 5.75 Å². The number of alkyl halides is 3. The van der Waals surface area contributed by atoms with Crippen molar-refractivity contribution in [3.63, 3.8) is 0 Å². The molecule has 0 bridgehead atoms. The van der Waals surface area contributed by atoms with Gasteiger partial charge in [-0.15, -0.1) is 15.3 Å². The van der Waals surface area contributed by atoms with Gasteiger partial charge in [-0.05, 0) is 37.1 Å². The molecule has 4 heterocycles. The van der Waals surface area contributed by atoms with Gasteiger partial charge >= 0.3 is 6.18 Å². The maximum absolute atomic E-state index is 13.1. The van der Waals surface area contributed by atoms with Gasteiger partial charge in [-0.2, -0.15) is 22.8 Å². The number of benzene rings is 1. The molecule has 1 amide bonds. The van der Waals surface area contributed by atoms with E-state index in [1.165, 1.54) is 18.2 Å². The predicted molar refractivity (Wildman–Crippen MR) is 107 cm³/mol. The van der Waals surface area contributed by atoms with Crippen molar-refractivity contribution < 1.29 is 23.1 Å². The minimum Gasteiger partial charge on any atom is -0.508 e. The number of nitrogens with zero attached hydrogens (tertiary/aromatic N) is 6. The average Bonchev–Trinajstić information content (AvgIpc) is 3.37. The Morgan fingerprint density at radius 2 is 1.94 bits per heavy atom. The van der Waals surface area contributed by atoms with Crippen molar-refractivity contribution in [2.24, 2.45) is 5.92 Å². The first-order chi connectivity index (χ1) is 15.3. The summed E-state index contributed by atoms with van der Waals surface area (Å²) in [5, 5.41) is 30.6. The van der Waals surface area contributed by atoms with Gasteiger partial charge in [0, 0.05) is 30.5 Å². The van der Waals surface area contributed by atoms with Crippen molar-refractivity contribution in [3.8, 4) is 5.75 Å². The fourth-order valence-electron chi connectivity index (χ4n) is 3.82. The normalized spacial score (nSPS) is 15.5. The maximum atomic E-state index is 13.1. The molecule has 1 aliphatic rings. The van der Waals surface area contributed by atoms with Crippen LogP contribution >= 0.6 is 0 Å². The summed E-state index contributed by atoms with van der Waals surface area (Å²) in [7, 11) is 0. The highest BCUT2D eigenvalue weighted by molar-refractivity contribution is 6.00. The topological polar surface area (TPSA) is 124 Å². The molecule has 0 aliphatic carbocycles. The summed E-state index contributed by atoms with van der Waals surface area (Å²) in [5.41, 5.74) is 0.610. The van der Waals surface area contributed by atoms with Crippen molar-refractivity contribution in [1.29, 1.82) is 0 Å². The SMILES string of the molecule is O=C(Nc1n[nH]c2cc(O)ccc12)C1CCN(c2ccc3nnc(C(F)(F)F)n3n2)CC1. The van der Waals surface area contributed by atoms with E-state index in [9.17, 15) is 23.1 Å². The summed E-state index contributed by atoms with van der Waals surface area (Å²) >= 11 is 0. The number of hydrogen-bond donors (Lipinski definition) is 3. The number of carbonyl (C=O) groups excluding carboxylic acids is 1. The zero-order valence-electron chi connectivity index (χ0n) is 16.5. The first-order valence-corrected chi connectivity index (χ1v) is 9.82. The zero-order chi connectivity index (χ0) is 22.5. The fraction of sp³-hybridized carbons (Fsp3) is 0.316. The first-order valence-electron chi connectivity index (χ1n) is 9.82. The van der Waals surface area contributed by atoms with Crippen LogP contribution in [0.15, 0.2) is 30.3 Å². The molecule has 0 unspecified atom stereocenters. The van der Waals surface area contributed by atoms with Gasteiger partial charge in [0.1, 0.15) is 11.6 Å². The van der Waals surface area contributed by atoms with E-state index in [1.54, 1.807) is 12.1 Å². The molecule has 5 rings (SSSR count). The van der Waals surface area contributed by atoms with Gasteiger partial charge in [-0.1, -0.05) is 0 Å². The molecule has 0 atom stereocenters. The first kappa shape index (κ1) is 20.0. The van der Waals surface area contributed by atoms with Crippen LogP contribution in [0.25, 0.3) is 16.6 Å². The second kappa shape index (κ2) is 7.35. The number of phenols is 1. The third-order valence-electron chi connectivity index (χ3n) is 5.48. The van der Waals surface area contributed by atoms with Crippen molar-refractivity contribution in [2.75, 3.05) is 23.3 Å². The van der Waals surface area contributed by atoms with Crippen LogP contribution in [0.3, 0.4) is 0 Å². The number of amides is 1. The molecule has 1 aliphatic heterocycles. The minimum atomic E-state index is -4.66. The quantitative estimate of drug-likeness (QED) is 0.442. The molecule has 13 heteroatoms. The van der Waals surface area contributed by atoms with Gasteiger partial charge in [0.15, 0.2) is 11.5 Å². The third kappa shape index (κ3) is 3.55. The van der Waals surface area contributed by atoms with E-state index in [2.05, 4.69) is 30.8 Å². The second-order valence-electron chi connectivity index (χ2n) is 7.54. The van der Waals surface area contributed by atoms with E-state index < -0.39 is 12.0 Å². The molecule has 0 radical (unpaired) electrons. The highest BCUT2D eigenvalue weighted by Gasteiger charge is 2.38. The highest BCUT2D eigenvalue weighted by atomic mass is 19.4. The van der Waals surface area contributed by atoms with Crippen LogP contribution in [0, 0.1) is 5.92 Å². The Hall–Kier alpha value is -3.90. The minimum absolute atomic E-state index is 0.00915. The van der Waals surface area contributed by atoms with Crippen LogP contribution in [-0.4, -0.2) is 54.1 Å². The predicted octanol–water partition coefficient (Wildman–Crippen LogP) is 2.58. The molecule has 0 saturated carbocycles. The molecular weight excluding hydrogens is 429 g/mol. The van der Waals surface area contributed by atoms with Gasteiger partial charge in [0.05, 0.1) is 5.52 Å². The summed E-state index contributed by atoms with van der Waals surface area (Å²) in [6.07, 6.45) is -3.66. The van der Waals surface area contributed by atoms with Gasteiger partial charge in [-0.25, -0.2) is 0 Å². The molecule has 4 aromatic rings. The standard InChI is InChI=1S/C19H17F3N8O2/c20-19(21,22)18-27-25-14-3-4-15(28-30(14)18)29-7-5-10(6-8-29)17(32)23-16-12-2-1-11(31)9-13(12)24-26-16/h1-4,9-10,31H,5-8H2,(H2,23,24,26,32). The molecular formula is C19H17F3N8O2. The lowest BCUT2D eigenvalue weighted by Crippen LogP contribution is -2.38. The van der Waals surface area contributed by atoms with E-state index in [0.29, 0.717) is 53.0 Å². The van der Waals surface area contributed by atoms with E-state index in [-0.39, 0.29) is 23.2 Å². The number of fused-ring (bicyclic) bond motifs is 2. The number of hydrogen-bond acceptors (Lipinski definition) is 7. The number of rotatable bonds is 3. The number of nitrogens with one attached hydrogen (secondary N) is 2. The Kier molecular flexibility index (Phi) is 4.60. The van der Waals surface area contributed by atoms with Gasteiger partial charge in [-0.3, -0.25) is 9.89 Å². The Morgan fingerprint density at radius 3 is 2.69 bits per heavy atom. The summed E-state index contributed by atoms with van der Waals surface area (Å²) in [5.74, 6) is -0.811. The van der Waals surface area contributed by atoms with Gasteiger partial charge in [0.25, 0.3) is 5.82 Å². The van der Waals surface area contributed by atoms with E-state index >= 15 is 0 Å². The number of anilines is 2. The number of piperidine rings is 1. The number of halogens is 3.